The average molecular weight is 358 g/mol. The van der Waals surface area contributed by atoms with Crippen LogP contribution in [0.3, 0.4) is 0 Å². The van der Waals surface area contributed by atoms with E-state index in [9.17, 15) is 9.18 Å². The molecule has 1 unspecified atom stereocenters. The molecular weight excluding hydrogens is 337 g/mol. The van der Waals surface area contributed by atoms with Crippen molar-refractivity contribution in [2.24, 2.45) is 5.73 Å². The van der Waals surface area contributed by atoms with Crippen LogP contribution in [0.15, 0.2) is 24.4 Å². The van der Waals surface area contributed by atoms with Crippen molar-refractivity contribution < 1.29 is 9.18 Å². The van der Waals surface area contributed by atoms with Gasteiger partial charge in [0.1, 0.15) is 5.82 Å². The van der Waals surface area contributed by atoms with E-state index in [1.807, 2.05) is 13.0 Å². The molecule has 1 atom stereocenters. The van der Waals surface area contributed by atoms with Gasteiger partial charge in [-0.15, -0.1) is 23.7 Å². The first kappa shape index (κ1) is 19.5. The number of hydrogen-bond donors (Lipinski definition) is 2. The van der Waals surface area contributed by atoms with E-state index in [0.29, 0.717) is 30.0 Å². The number of benzene rings is 1. The molecule has 1 aromatic heterocycles. The first-order chi connectivity index (χ1) is 10.4. The number of aryl methyl sites for hydroxylation is 1. The summed E-state index contributed by atoms with van der Waals surface area (Å²) < 4.78 is 13.5. The summed E-state index contributed by atoms with van der Waals surface area (Å²) in [6, 6.07) is 5.21. The molecule has 0 aliphatic rings. The Hall–Kier alpha value is -1.50. The summed E-state index contributed by atoms with van der Waals surface area (Å²) >= 11 is 1.40. The van der Waals surface area contributed by atoms with Crippen LogP contribution in [0.4, 0.5) is 9.52 Å². The molecule has 0 saturated carbocycles. The molecule has 0 aliphatic carbocycles. The van der Waals surface area contributed by atoms with Crippen LogP contribution in [0.5, 0.6) is 0 Å². The second-order valence-corrected chi connectivity index (χ2v) is 6.57. The van der Waals surface area contributed by atoms with Crippen molar-refractivity contribution in [1.82, 2.24) is 4.98 Å². The van der Waals surface area contributed by atoms with Gasteiger partial charge in [-0.1, -0.05) is 12.1 Å². The molecule has 0 fully saturated rings. The number of amides is 1. The second kappa shape index (κ2) is 8.96. The predicted molar refractivity (Wildman–Crippen MR) is 94.8 cm³/mol. The smallest absolute Gasteiger partial charge is 0.226 e. The molecule has 2 aromatic rings. The standard InChI is InChI=1S/C16H20FN3OS.ClH/c1-10-3-5-12(8-14(10)17)7-13-9-19-16(22-13)20-15(21)6-4-11(2)18;/h3,5,8-9,11H,4,6-7,18H2,1-2H3,(H,19,20,21);1H. The first-order valence-corrected chi connectivity index (χ1v) is 8.01. The van der Waals surface area contributed by atoms with Crippen molar-refractivity contribution in [3.05, 3.63) is 46.2 Å². The van der Waals surface area contributed by atoms with Gasteiger partial charge < -0.3 is 11.1 Å². The highest BCUT2D eigenvalue weighted by atomic mass is 35.5. The molecule has 0 spiro atoms. The quantitative estimate of drug-likeness (QED) is 0.828. The lowest BCUT2D eigenvalue weighted by atomic mass is 10.1. The maximum atomic E-state index is 13.5. The Morgan fingerprint density at radius 1 is 1.48 bits per heavy atom. The van der Waals surface area contributed by atoms with Gasteiger partial charge in [0, 0.05) is 30.0 Å². The maximum Gasteiger partial charge on any atom is 0.226 e. The van der Waals surface area contributed by atoms with Gasteiger partial charge in [-0.2, -0.15) is 0 Å². The minimum absolute atomic E-state index is 0. The van der Waals surface area contributed by atoms with Crippen molar-refractivity contribution in [2.75, 3.05) is 5.32 Å². The summed E-state index contributed by atoms with van der Waals surface area (Å²) in [4.78, 5) is 16.9. The summed E-state index contributed by atoms with van der Waals surface area (Å²) in [7, 11) is 0. The molecule has 23 heavy (non-hydrogen) atoms. The predicted octanol–water partition coefficient (Wildman–Crippen LogP) is 3.67. The lowest BCUT2D eigenvalue weighted by Crippen LogP contribution is -2.19. The zero-order valence-electron chi connectivity index (χ0n) is 13.1. The largest absolute Gasteiger partial charge is 0.328 e. The van der Waals surface area contributed by atoms with Crippen molar-refractivity contribution >= 4 is 34.8 Å². The van der Waals surface area contributed by atoms with Crippen LogP contribution in [0, 0.1) is 12.7 Å². The van der Waals surface area contributed by atoms with Gasteiger partial charge in [-0.3, -0.25) is 4.79 Å². The molecule has 0 radical (unpaired) electrons. The fourth-order valence-corrected chi connectivity index (χ4v) is 2.80. The van der Waals surface area contributed by atoms with Gasteiger partial charge >= 0.3 is 0 Å². The Labute approximate surface area is 145 Å². The number of carbonyl (C=O) groups excluding carboxylic acids is 1. The number of aromatic nitrogens is 1. The molecule has 7 heteroatoms. The first-order valence-electron chi connectivity index (χ1n) is 7.19. The van der Waals surface area contributed by atoms with Crippen molar-refractivity contribution in [3.8, 4) is 0 Å². The number of halogens is 2. The molecule has 1 aromatic carbocycles. The summed E-state index contributed by atoms with van der Waals surface area (Å²) in [6.07, 6.45) is 3.34. The molecule has 1 heterocycles. The van der Waals surface area contributed by atoms with Gasteiger partial charge in [-0.25, -0.2) is 9.37 Å². The highest BCUT2D eigenvalue weighted by molar-refractivity contribution is 7.15. The SMILES string of the molecule is Cc1ccc(Cc2cnc(NC(=O)CCC(C)N)s2)cc1F.Cl. The topological polar surface area (TPSA) is 68.0 Å². The van der Waals surface area contributed by atoms with E-state index < -0.39 is 0 Å². The number of nitrogens with zero attached hydrogens (tertiary/aromatic N) is 1. The summed E-state index contributed by atoms with van der Waals surface area (Å²) in [5.74, 6) is -0.286. The Morgan fingerprint density at radius 2 is 2.22 bits per heavy atom. The molecule has 0 aliphatic heterocycles. The molecule has 2 rings (SSSR count). The zero-order chi connectivity index (χ0) is 16.1. The van der Waals surface area contributed by atoms with E-state index in [1.165, 1.54) is 17.4 Å². The second-order valence-electron chi connectivity index (χ2n) is 5.46. The number of carbonyl (C=O) groups is 1. The van der Waals surface area contributed by atoms with Crippen molar-refractivity contribution in [2.45, 2.75) is 39.2 Å². The van der Waals surface area contributed by atoms with E-state index >= 15 is 0 Å². The fraction of sp³-hybridized carbons (Fsp3) is 0.375. The Balaban J connectivity index is 0.00000264. The third-order valence-electron chi connectivity index (χ3n) is 3.24. The fourth-order valence-electron chi connectivity index (χ4n) is 1.94. The van der Waals surface area contributed by atoms with Crippen LogP contribution in [0.1, 0.15) is 35.8 Å². The van der Waals surface area contributed by atoms with Gasteiger partial charge in [0.2, 0.25) is 5.91 Å². The maximum absolute atomic E-state index is 13.5. The van der Waals surface area contributed by atoms with E-state index in [-0.39, 0.29) is 30.2 Å². The minimum atomic E-state index is -0.202. The molecule has 3 N–H and O–H groups in total. The number of rotatable bonds is 6. The van der Waals surface area contributed by atoms with Crippen LogP contribution in [-0.2, 0) is 11.2 Å². The number of hydrogen-bond acceptors (Lipinski definition) is 4. The van der Waals surface area contributed by atoms with Gasteiger partial charge in [0.05, 0.1) is 0 Å². The van der Waals surface area contributed by atoms with Gasteiger partial charge in [0.25, 0.3) is 0 Å². The van der Waals surface area contributed by atoms with Crippen molar-refractivity contribution in [3.63, 3.8) is 0 Å². The van der Waals surface area contributed by atoms with E-state index in [2.05, 4.69) is 10.3 Å². The molecule has 1 amide bonds. The van der Waals surface area contributed by atoms with E-state index in [4.69, 9.17) is 5.73 Å². The number of nitrogens with two attached hydrogens (primary N) is 1. The normalized spacial score (nSPS) is 11.7. The molecule has 0 bridgehead atoms. The highest BCUT2D eigenvalue weighted by Gasteiger charge is 2.09. The molecule has 4 nitrogen and oxygen atoms in total. The van der Waals surface area contributed by atoms with E-state index in [0.717, 1.165) is 10.4 Å². The van der Waals surface area contributed by atoms with Crippen molar-refractivity contribution in [1.29, 1.82) is 0 Å². The van der Waals surface area contributed by atoms with Crippen LogP contribution < -0.4 is 11.1 Å². The molecule has 126 valence electrons. The Bertz CT molecular complexity index is 661. The van der Waals surface area contributed by atoms with Gasteiger partial charge in [-0.05, 0) is 37.5 Å². The monoisotopic (exact) mass is 357 g/mol. The Kier molecular flexibility index (Phi) is 7.61. The summed E-state index contributed by atoms with van der Waals surface area (Å²) in [5.41, 5.74) is 7.15. The van der Waals surface area contributed by atoms with Gasteiger partial charge in [0.15, 0.2) is 5.13 Å². The summed E-state index contributed by atoms with van der Waals surface area (Å²) in [6.45, 7) is 3.61. The number of thiazole rings is 1. The van der Waals surface area contributed by atoms with E-state index in [1.54, 1.807) is 19.2 Å². The van der Waals surface area contributed by atoms with Crippen LogP contribution >= 0.6 is 23.7 Å². The third-order valence-corrected chi connectivity index (χ3v) is 4.15. The summed E-state index contributed by atoms with van der Waals surface area (Å²) in [5, 5.41) is 3.33. The number of anilines is 1. The average Bonchev–Trinajstić information content (AvgIpc) is 2.88. The lowest BCUT2D eigenvalue weighted by Gasteiger charge is -2.04. The van der Waals surface area contributed by atoms with Crippen LogP contribution in [0.2, 0.25) is 0 Å². The Morgan fingerprint density at radius 3 is 2.87 bits per heavy atom. The molecular formula is C16H21ClFN3OS. The third kappa shape index (κ3) is 6.25. The number of nitrogens with one attached hydrogen (secondary N) is 1. The molecule has 0 saturated heterocycles. The lowest BCUT2D eigenvalue weighted by molar-refractivity contribution is -0.116. The minimum Gasteiger partial charge on any atom is -0.328 e. The zero-order valence-corrected chi connectivity index (χ0v) is 14.8. The highest BCUT2D eigenvalue weighted by Crippen LogP contribution is 2.22. The van der Waals surface area contributed by atoms with Crippen LogP contribution in [0.25, 0.3) is 0 Å². The van der Waals surface area contributed by atoms with Crippen LogP contribution in [-0.4, -0.2) is 16.9 Å².